The summed E-state index contributed by atoms with van der Waals surface area (Å²) in [6.07, 6.45) is 0. The van der Waals surface area contributed by atoms with Crippen LogP contribution in [0.3, 0.4) is 0 Å². The molecule has 2 N–H and O–H groups in total. The zero-order valence-corrected chi connectivity index (χ0v) is 12.4. The molecule has 114 valence electrons. The van der Waals surface area contributed by atoms with Crippen molar-refractivity contribution in [3.05, 3.63) is 59.2 Å². The van der Waals surface area contributed by atoms with Gasteiger partial charge in [-0.2, -0.15) is 0 Å². The van der Waals surface area contributed by atoms with Crippen molar-refractivity contribution in [2.75, 3.05) is 11.9 Å². The minimum Gasteiger partial charge on any atom is -0.507 e. The number of para-hydroxylation sites is 1. The maximum absolute atomic E-state index is 12.3. The Morgan fingerprint density at radius 3 is 2.59 bits per heavy atom. The van der Waals surface area contributed by atoms with Crippen molar-refractivity contribution < 1.29 is 19.4 Å². The van der Waals surface area contributed by atoms with E-state index >= 15 is 0 Å². The van der Waals surface area contributed by atoms with Crippen LogP contribution in [0.25, 0.3) is 0 Å². The topological polar surface area (TPSA) is 75.6 Å². The monoisotopic (exact) mass is 299 g/mol. The third-order valence-corrected chi connectivity index (χ3v) is 3.15. The molecule has 2 aromatic carbocycles. The first-order chi connectivity index (χ1) is 10.5. The Balaban J connectivity index is 2.25. The molecule has 0 fully saturated rings. The third kappa shape index (κ3) is 3.44. The maximum Gasteiger partial charge on any atom is 0.341 e. The number of anilines is 1. The van der Waals surface area contributed by atoms with E-state index in [0.29, 0.717) is 5.69 Å². The first kappa shape index (κ1) is 15.6. The zero-order valence-electron chi connectivity index (χ0n) is 12.4. The van der Waals surface area contributed by atoms with Gasteiger partial charge < -0.3 is 15.2 Å². The number of hydrogen-bond donors (Lipinski definition) is 2. The van der Waals surface area contributed by atoms with Gasteiger partial charge in [0.05, 0.1) is 6.61 Å². The van der Waals surface area contributed by atoms with Crippen LogP contribution in [0.5, 0.6) is 5.75 Å². The lowest BCUT2D eigenvalue weighted by Crippen LogP contribution is -2.14. The molecular weight excluding hydrogens is 282 g/mol. The molecule has 5 heteroatoms. The average molecular weight is 299 g/mol. The van der Waals surface area contributed by atoms with E-state index in [9.17, 15) is 14.7 Å². The lowest BCUT2D eigenvalue weighted by atomic mass is 10.1. The molecule has 0 aliphatic carbocycles. The molecule has 0 aliphatic rings. The van der Waals surface area contributed by atoms with Crippen LogP contribution in [0.1, 0.15) is 33.2 Å². The van der Waals surface area contributed by atoms with Crippen molar-refractivity contribution >= 4 is 17.6 Å². The Labute approximate surface area is 128 Å². The van der Waals surface area contributed by atoms with Crippen LogP contribution >= 0.6 is 0 Å². The second kappa shape index (κ2) is 6.76. The first-order valence-corrected chi connectivity index (χ1v) is 6.90. The first-order valence-electron chi connectivity index (χ1n) is 6.90. The van der Waals surface area contributed by atoms with Crippen LogP contribution in [0, 0.1) is 6.92 Å². The highest BCUT2D eigenvalue weighted by molar-refractivity contribution is 6.06. The lowest BCUT2D eigenvalue weighted by molar-refractivity contribution is 0.0523. The van der Waals surface area contributed by atoms with Crippen LogP contribution in [-0.2, 0) is 4.74 Å². The van der Waals surface area contributed by atoms with E-state index < -0.39 is 5.97 Å². The molecule has 2 aromatic rings. The van der Waals surface area contributed by atoms with E-state index in [4.69, 9.17) is 4.74 Å². The number of rotatable bonds is 4. The Bertz CT molecular complexity index is 710. The number of phenolic OH excluding ortho intramolecular Hbond substituents is 1. The SMILES string of the molecule is CCOC(=O)c1cc(C(=O)Nc2ccccc2C)ccc1O. The molecule has 1 amide bonds. The number of aryl methyl sites for hydroxylation is 1. The van der Waals surface area contributed by atoms with Crippen LogP contribution in [-0.4, -0.2) is 23.6 Å². The van der Waals surface area contributed by atoms with E-state index in [0.717, 1.165) is 5.56 Å². The molecule has 2 rings (SSSR count). The molecule has 0 bridgehead atoms. The average Bonchev–Trinajstić information content (AvgIpc) is 2.50. The van der Waals surface area contributed by atoms with Crippen LogP contribution < -0.4 is 5.32 Å². The molecule has 0 saturated heterocycles. The van der Waals surface area contributed by atoms with Gasteiger partial charge in [0, 0.05) is 11.3 Å². The van der Waals surface area contributed by atoms with Gasteiger partial charge >= 0.3 is 5.97 Å². The fourth-order valence-corrected chi connectivity index (χ4v) is 1.96. The second-order valence-electron chi connectivity index (χ2n) is 4.72. The summed E-state index contributed by atoms with van der Waals surface area (Å²) in [5.41, 5.74) is 1.86. The van der Waals surface area contributed by atoms with Crippen molar-refractivity contribution in [3.63, 3.8) is 0 Å². The van der Waals surface area contributed by atoms with Crippen LogP contribution in [0.4, 0.5) is 5.69 Å². The van der Waals surface area contributed by atoms with E-state index in [1.54, 1.807) is 13.0 Å². The number of esters is 1. The van der Waals surface area contributed by atoms with E-state index in [1.807, 2.05) is 25.1 Å². The van der Waals surface area contributed by atoms with Crippen molar-refractivity contribution in [2.45, 2.75) is 13.8 Å². The molecule has 0 heterocycles. The Hall–Kier alpha value is -2.82. The number of benzene rings is 2. The number of ether oxygens (including phenoxy) is 1. The Morgan fingerprint density at radius 1 is 1.18 bits per heavy atom. The number of hydrogen-bond acceptors (Lipinski definition) is 4. The number of phenols is 1. The van der Waals surface area contributed by atoms with E-state index in [1.165, 1.54) is 18.2 Å². The minimum atomic E-state index is -0.662. The summed E-state index contributed by atoms with van der Waals surface area (Å²) in [5.74, 6) is -1.24. The Kier molecular flexibility index (Phi) is 4.78. The van der Waals surface area contributed by atoms with Crippen LogP contribution in [0.2, 0.25) is 0 Å². The molecule has 0 radical (unpaired) electrons. The highest BCUT2D eigenvalue weighted by Crippen LogP contribution is 2.21. The summed E-state index contributed by atoms with van der Waals surface area (Å²) in [6, 6.07) is 11.5. The molecule has 0 aromatic heterocycles. The standard InChI is InChI=1S/C17H17NO4/c1-3-22-17(21)13-10-12(8-9-15(13)19)16(20)18-14-7-5-4-6-11(14)2/h4-10,19H,3H2,1-2H3,(H,18,20). The molecule has 0 saturated carbocycles. The van der Waals surface area contributed by atoms with Crippen molar-refractivity contribution in [1.82, 2.24) is 0 Å². The summed E-state index contributed by atoms with van der Waals surface area (Å²) in [7, 11) is 0. The number of nitrogens with one attached hydrogen (secondary N) is 1. The van der Waals surface area contributed by atoms with Gasteiger partial charge in [0.2, 0.25) is 0 Å². The molecule has 0 spiro atoms. The largest absolute Gasteiger partial charge is 0.507 e. The Morgan fingerprint density at radius 2 is 1.91 bits per heavy atom. The lowest BCUT2D eigenvalue weighted by Gasteiger charge is -2.10. The summed E-state index contributed by atoms with van der Waals surface area (Å²) < 4.78 is 4.85. The molecule has 0 unspecified atom stereocenters. The van der Waals surface area contributed by atoms with Gasteiger partial charge in [-0.1, -0.05) is 18.2 Å². The molecule has 0 atom stereocenters. The summed E-state index contributed by atoms with van der Waals surface area (Å²) in [4.78, 5) is 24.0. The fourth-order valence-electron chi connectivity index (χ4n) is 1.96. The van der Waals surface area contributed by atoms with Gasteiger partial charge in [0.15, 0.2) is 0 Å². The number of carbonyl (C=O) groups is 2. The van der Waals surface area contributed by atoms with Gasteiger partial charge in [-0.05, 0) is 43.7 Å². The maximum atomic E-state index is 12.3. The highest BCUT2D eigenvalue weighted by atomic mass is 16.5. The van der Waals surface area contributed by atoms with Gasteiger partial charge in [0.25, 0.3) is 5.91 Å². The van der Waals surface area contributed by atoms with Gasteiger partial charge in [-0.15, -0.1) is 0 Å². The molecular formula is C17H17NO4. The van der Waals surface area contributed by atoms with Crippen molar-refractivity contribution in [3.8, 4) is 5.75 Å². The quantitative estimate of drug-likeness (QED) is 0.850. The van der Waals surface area contributed by atoms with E-state index in [-0.39, 0.29) is 29.4 Å². The summed E-state index contributed by atoms with van der Waals surface area (Å²) in [6.45, 7) is 3.75. The predicted molar refractivity (Wildman–Crippen MR) is 83.2 cm³/mol. The van der Waals surface area contributed by atoms with Crippen molar-refractivity contribution in [2.24, 2.45) is 0 Å². The predicted octanol–water partition coefficient (Wildman–Crippen LogP) is 3.13. The van der Waals surface area contributed by atoms with E-state index in [2.05, 4.69) is 5.32 Å². The second-order valence-corrected chi connectivity index (χ2v) is 4.72. The zero-order chi connectivity index (χ0) is 16.1. The summed E-state index contributed by atoms with van der Waals surface area (Å²) >= 11 is 0. The normalized spacial score (nSPS) is 10.1. The number of aromatic hydroxyl groups is 1. The number of amides is 1. The van der Waals surface area contributed by atoms with Crippen molar-refractivity contribution in [1.29, 1.82) is 0 Å². The summed E-state index contributed by atoms with van der Waals surface area (Å²) in [5, 5.41) is 12.5. The smallest absolute Gasteiger partial charge is 0.341 e. The number of carbonyl (C=O) groups excluding carboxylic acids is 2. The van der Waals surface area contributed by atoms with Gasteiger partial charge in [-0.3, -0.25) is 4.79 Å². The molecule has 22 heavy (non-hydrogen) atoms. The molecule has 5 nitrogen and oxygen atoms in total. The van der Waals surface area contributed by atoms with Gasteiger partial charge in [-0.25, -0.2) is 4.79 Å². The fraction of sp³-hybridized carbons (Fsp3) is 0.176. The van der Waals surface area contributed by atoms with Crippen LogP contribution in [0.15, 0.2) is 42.5 Å². The highest BCUT2D eigenvalue weighted by Gasteiger charge is 2.16. The minimum absolute atomic E-state index is 0.0284. The third-order valence-electron chi connectivity index (χ3n) is 3.15. The molecule has 0 aliphatic heterocycles. The van der Waals surface area contributed by atoms with Gasteiger partial charge in [0.1, 0.15) is 11.3 Å².